The molecule has 56 valence electrons. The van der Waals surface area contributed by atoms with E-state index in [0.29, 0.717) is 0 Å². The van der Waals surface area contributed by atoms with E-state index in [1.165, 1.54) is 5.57 Å². The molecule has 0 aliphatic heterocycles. The third-order valence-electron chi connectivity index (χ3n) is 0.758. The maximum absolute atomic E-state index is 3.53. The van der Waals surface area contributed by atoms with E-state index in [2.05, 4.69) is 15.8 Å². The summed E-state index contributed by atoms with van der Waals surface area (Å²) in [7, 11) is 1.61. The molecule has 0 aromatic heterocycles. The number of hydrogen-bond acceptors (Lipinski definition) is 2. The Labute approximate surface area is 61.5 Å². The van der Waals surface area contributed by atoms with Crippen LogP contribution in [0.4, 0.5) is 0 Å². The summed E-state index contributed by atoms with van der Waals surface area (Å²) in [5.74, 6) is 0. The first kappa shape index (κ1) is 8.88. The normalized spacial score (nSPS) is 10.7. The quantitative estimate of drug-likeness (QED) is 0.362. The van der Waals surface area contributed by atoms with Gasteiger partial charge >= 0.3 is 0 Å². The molecule has 0 radical (unpaired) electrons. The first-order chi connectivity index (χ1) is 4.77. The van der Waals surface area contributed by atoms with Gasteiger partial charge in [-0.05, 0) is 19.9 Å². The van der Waals surface area contributed by atoms with Crippen molar-refractivity contribution >= 4 is 0 Å². The van der Waals surface area contributed by atoms with Gasteiger partial charge in [0.15, 0.2) is 0 Å². The number of nitrogens with one attached hydrogen (secondary N) is 1. The van der Waals surface area contributed by atoms with E-state index >= 15 is 0 Å². The maximum Gasteiger partial charge on any atom is 0.0509 e. The smallest absolute Gasteiger partial charge is 0.0509 e. The Morgan fingerprint density at radius 1 is 1.40 bits per heavy atom. The Balaban J connectivity index is 3.47. The van der Waals surface area contributed by atoms with Crippen molar-refractivity contribution < 1.29 is 0 Å². The van der Waals surface area contributed by atoms with Crippen LogP contribution in [0.1, 0.15) is 13.8 Å². The van der Waals surface area contributed by atoms with Crippen LogP contribution in [0.3, 0.4) is 0 Å². The lowest BCUT2D eigenvalue weighted by Gasteiger charge is -1.84. The molecule has 3 heteroatoms. The van der Waals surface area contributed by atoms with Gasteiger partial charge in [-0.3, -0.25) is 5.43 Å². The molecule has 0 saturated heterocycles. The van der Waals surface area contributed by atoms with Crippen molar-refractivity contribution in [1.82, 2.24) is 5.43 Å². The molecule has 0 saturated carbocycles. The lowest BCUT2D eigenvalue weighted by atomic mass is 10.3. The Kier molecular flexibility index (Phi) is 5.33. The molecule has 0 aliphatic carbocycles. The summed E-state index contributed by atoms with van der Waals surface area (Å²) in [6.07, 6.45) is 5.59. The number of rotatable bonds is 3. The largest absolute Gasteiger partial charge is 0.267 e. The van der Waals surface area contributed by atoms with Gasteiger partial charge in [-0.25, -0.2) is 0 Å². The molecular formula is C7H13N3. The number of allylic oxidation sites excluding steroid dienone is 3. The van der Waals surface area contributed by atoms with E-state index in [9.17, 15) is 0 Å². The predicted octanol–water partition coefficient (Wildman–Crippen LogP) is 2.05. The molecule has 0 aromatic carbocycles. The second-order valence-corrected chi connectivity index (χ2v) is 2.03. The van der Waals surface area contributed by atoms with Gasteiger partial charge in [0.1, 0.15) is 0 Å². The fraction of sp³-hybridized carbons (Fsp3) is 0.429. The zero-order valence-electron chi connectivity index (χ0n) is 6.63. The molecule has 0 aromatic rings. The molecular weight excluding hydrogens is 126 g/mol. The highest BCUT2D eigenvalue weighted by atomic mass is 15.4. The van der Waals surface area contributed by atoms with Crippen LogP contribution < -0.4 is 5.43 Å². The van der Waals surface area contributed by atoms with Crippen LogP contribution in [0.5, 0.6) is 0 Å². The molecule has 0 bridgehead atoms. The van der Waals surface area contributed by atoms with E-state index in [4.69, 9.17) is 0 Å². The van der Waals surface area contributed by atoms with Crippen LogP contribution in [0.25, 0.3) is 0 Å². The third-order valence-corrected chi connectivity index (χ3v) is 0.758. The van der Waals surface area contributed by atoms with Crippen molar-refractivity contribution in [2.24, 2.45) is 10.3 Å². The number of hydrogen-bond donors (Lipinski definition) is 1. The first-order valence-electron chi connectivity index (χ1n) is 3.11. The Bertz CT molecular complexity index is 152. The van der Waals surface area contributed by atoms with Crippen molar-refractivity contribution in [2.75, 3.05) is 7.05 Å². The van der Waals surface area contributed by atoms with E-state index in [1.54, 1.807) is 13.2 Å². The second kappa shape index (κ2) is 6.01. The average molecular weight is 139 g/mol. The van der Waals surface area contributed by atoms with Crippen molar-refractivity contribution in [3.8, 4) is 0 Å². The topological polar surface area (TPSA) is 36.8 Å². The zero-order valence-corrected chi connectivity index (χ0v) is 6.63. The summed E-state index contributed by atoms with van der Waals surface area (Å²) in [6.45, 7) is 4.07. The van der Waals surface area contributed by atoms with Gasteiger partial charge < -0.3 is 0 Å². The van der Waals surface area contributed by atoms with Crippen LogP contribution in [-0.2, 0) is 0 Å². The van der Waals surface area contributed by atoms with Gasteiger partial charge in [0.05, 0.1) is 7.05 Å². The molecule has 0 aliphatic rings. The number of nitrogens with zero attached hydrogens (tertiary/aromatic N) is 2. The predicted molar refractivity (Wildman–Crippen MR) is 42.5 cm³/mol. The van der Waals surface area contributed by atoms with E-state index in [1.807, 2.05) is 26.0 Å². The third kappa shape index (κ3) is 6.88. The molecule has 1 N–H and O–H groups in total. The van der Waals surface area contributed by atoms with Crippen LogP contribution in [0, 0.1) is 0 Å². The average Bonchev–Trinajstić information content (AvgIpc) is 1.87. The molecule has 3 nitrogen and oxygen atoms in total. The van der Waals surface area contributed by atoms with E-state index < -0.39 is 0 Å². The van der Waals surface area contributed by atoms with Gasteiger partial charge in [-0.1, -0.05) is 16.9 Å². The molecule has 0 fully saturated rings. The fourth-order valence-electron chi connectivity index (χ4n) is 0.375. The maximum atomic E-state index is 3.53. The van der Waals surface area contributed by atoms with Crippen molar-refractivity contribution in [2.45, 2.75) is 13.8 Å². The van der Waals surface area contributed by atoms with Gasteiger partial charge in [-0.15, -0.1) is 0 Å². The van der Waals surface area contributed by atoms with Gasteiger partial charge in [0, 0.05) is 6.20 Å². The van der Waals surface area contributed by atoms with Crippen LogP contribution in [-0.4, -0.2) is 7.05 Å². The second-order valence-electron chi connectivity index (χ2n) is 2.03. The summed E-state index contributed by atoms with van der Waals surface area (Å²) in [5.41, 5.74) is 3.88. The van der Waals surface area contributed by atoms with E-state index in [-0.39, 0.29) is 0 Å². The van der Waals surface area contributed by atoms with Crippen molar-refractivity contribution in [3.05, 3.63) is 23.9 Å². The lowest BCUT2D eigenvalue weighted by molar-refractivity contribution is 0.853. The molecule has 0 unspecified atom stereocenters. The highest BCUT2D eigenvalue weighted by Gasteiger charge is 1.68. The standard InChI is InChI=1S/C7H13N3/c1-7(2)5-4-6-9-10-8-3/h4-6H,1-3H3,(H,8,9)/b6-4-. The SMILES string of the molecule is CN=NN/C=C\C=C(C)C. The summed E-state index contributed by atoms with van der Waals surface area (Å²) < 4.78 is 0. The van der Waals surface area contributed by atoms with Gasteiger partial charge in [0.25, 0.3) is 0 Å². The summed E-state index contributed by atoms with van der Waals surface area (Å²) in [4.78, 5) is 0. The zero-order chi connectivity index (χ0) is 7.82. The van der Waals surface area contributed by atoms with Crippen LogP contribution in [0.2, 0.25) is 0 Å². The molecule has 0 amide bonds. The minimum atomic E-state index is 1.26. The Hall–Kier alpha value is -1.12. The van der Waals surface area contributed by atoms with Crippen LogP contribution in [0.15, 0.2) is 34.3 Å². The Morgan fingerprint density at radius 3 is 2.60 bits per heavy atom. The Morgan fingerprint density at radius 2 is 2.10 bits per heavy atom. The minimum absolute atomic E-state index is 1.26. The van der Waals surface area contributed by atoms with Crippen molar-refractivity contribution in [1.29, 1.82) is 0 Å². The molecule has 0 atom stereocenters. The highest BCUT2D eigenvalue weighted by Crippen LogP contribution is 1.87. The summed E-state index contributed by atoms with van der Waals surface area (Å²) in [5, 5.41) is 7.02. The molecule has 0 rings (SSSR count). The monoisotopic (exact) mass is 139 g/mol. The fourth-order valence-corrected chi connectivity index (χ4v) is 0.375. The van der Waals surface area contributed by atoms with Crippen LogP contribution >= 0.6 is 0 Å². The molecule has 0 spiro atoms. The minimum Gasteiger partial charge on any atom is -0.267 e. The van der Waals surface area contributed by atoms with Gasteiger partial charge in [0.2, 0.25) is 0 Å². The lowest BCUT2D eigenvalue weighted by Crippen LogP contribution is -1.88. The highest BCUT2D eigenvalue weighted by molar-refractivity contribution is 5.07. The summed E-state index contributed by atoms with van der Waals surface area (Å²) in [6, 6.07) is 0. The van der Waals surface area contributed by atoms with Gasteiger partial charge in [-0.2, -0.15) is 5.11 Å². The first-order valence-corrected chi connectivity index (χ1v) is 3.11. The molecule has 10 heavy (non-hydrogen) atoms. The van der Waals surface area contributed by atoms with Crippen molar-refractivity contribution in [3.63, 3.8) is 0 Å². The summed E-state index contributed by atoms with van der Waals surface area (Å²) >= 11 is 0. The molecule has 0 heterocycles. The van der Waals surface area contributed by atoms with E-state index in [0.717, 1.165) is 0 Å².